The summed E-state index contributed by atoms with van der Waals surface area (Å²) in [5.41, 5.74) is 0.823. The fourth-order valence-electron chi connectivity index (χ4n) is 3.91. The summed E-state index contributed by atoms with van der Waals surface area (Å²) in [7, 11) is -4.63. The summed E-state index contributed by atoms with van der Waals surface area (Å²) in [4.78, 5) is 30.3. The fourth-order valence-corrected chi connectivity index (χ4v) is 4.29. The summed E-state index contributed by atoms with van der Waals surface area (Å²) >= 11 is 0. The Bertz CT molecular complexity index is 747. The van der Waals surface area contributed by atoms with Crippen molar-refractivity contribution in [3.05, 3.63) is 42.0 Å². The molecule has 0 saturated heterocycles. The van der Waals surface area contributed by atoms with E-state index in [4.69, 9.17) is 9.79 Å². The van der Waals surface area contributed by atoms with Crippen LogP contribution in [0.15, 0.2) is 36.4 Å². The molecule has 1 aromatic rings. The molecule has 4 N–H and O–H groups in total. The number of benzene rings is 1. The summed E-state index contributed by atoms with van der Waals surface area (Å²) < 4.78 is 15.7. The van der Waals surface area contributed by atoms with Crippen molar-refractivity contribution in [1.29, 1.82) is 0 Å². The van der Waals surface area contributed by atoms with E-state index in [1.54, 1.807) is 12.1 Å². The first kappa shape index (κ1) is 31.4. The largest absolute Gasteiger partial charge is 0.508 e. The van der Waals surface area contributed by atoms with Crippen LogP contribution in [-0.4, -0.2) is 33.4 Å². The first-order valence-corrected chi connectivity index (χ1v) is 14.8. The van der Waals surface area contributed by atoms with Crippen molar-refractivity contribution in [2.24, 2.45) is 0 Å². The number of carbonyl (C=O) groups excluding carboxylic acids is 1. The molecule has 0 unspecified atom stereocenters. The van der Waals surface area contributed by atoms with Gasteiger partial charge in [0, 0.05) is 6.42 Å². The minimum atomic E-state index is -4.63. The Hall–Kier alpha value is -1.66. The van der Waals surface area contributed by atoms with Crippen LogP contribution in [0.3, 0.4) is 0 Å². The Balaban J connectivity index is 2.15. The van der Waals surface area contributed by atoms with E-state index >= 15 is 0 Å². The van der Waals surface area contributed by atoms with E-state index in [-0.39, 0.29) is 18.3 Å². The number of unbranched alkanes of at least 4 members (excludes halogenated alkanes) is 11. The molecule has 0 heterocycles. The van der Waals surface area contributed by atoms with Gasteiger partial charge in [0.1, 0.15) is 5.75 Å². The van der Waals surface area contributed by atoms with E-state index < -0.39 is 13.9 Å². The molecule has 1 rings (SSSR count). The molecule has 7 nitrogen and oxygen atoms in total. The maximum Gasteiger partial charge on any atom is 0.469 e. The van der Waals surface area contributed by atoms with Crippen molar-refractivity contribution in [1.82, 2.24) is 5.32 Å². The van der Waals surface area contributed by atoms with Crippen molar-refractivity contribution in [3.8, 4) is 5.75 Å². The molecule has 0 saturated carbocycles. The van der Waals surface area contributed by atoms with Crippen LogP contribution in [-0.2, 0) is 20.3 Å². The van der Waals surface area contributed by atoms with Crippen LogP contribution in [0.5, 0.6) is 5.75 Å². The van der Waals surface area contributed by atoms with E-state index in [0.717, 1.165) is 37.7 Å². The number of rotatable bonds is 21. The van der Waals surface area contributed by atoms with Gasteiger partial charge in [-0.1, -0.05) is 82.6 Å². The zero-order chi connectivity index (χ0) is 25.8. The van der Waals surface area contributed by atoms with Gasteiger partial charge >= 0.3 is 7.82 Å². The molecule has 0 fully saturated rings. The number of carbonyl (C=O) groups is 1. The second-order valence-electron chi connectivity index (χ2n) is 9.26. The van der Waals surface area contributed by atoms with Crippen molar-refractivity contribution in [3.63, 3.8) is 0 Å². The summed E-state index contributed by atoms with van der Waals surface area (Å²) in [6.45, 7) is 1.96. The lowest BCUT2D eigenvalue weighted by atomic mass is 10.1. The highest BCUT2D eigenvalue weighted by atomic mass is 31.2. The number of allylic oxidation sites excluding steroid dienone is 2. The highest BCUT2D eigenvalue weighted by Crippen LogP contribution is 2.35. The van der Waals surface area contributed by atoms with E-state index in [1.165, 1.54) is 63.5 Å². The summed E-state index contributed by atoms with van der Waals surface area (Å²) in [5, 5.41) is 12.2. The average Bonchev–Trinajstić information content (AvgIpc) is 2.81. The van der Waals surface area contributed by atoms with Gasteiger partial charge in [0.2, 0.25) is 5.91 Å². The molecule has 0 aliphatic heterocycles. The number of amides is 1. The number of aromatic hydroxyl groups is 1. The molecule has 0 aliphatic rings. The molecule has 0 aromatic heterocycles. The summed E-state index contributed by atoms with van der Waals surface area (Å²) in [6.07, 6.45) is 20.9. The zero-order valence-electron chi connectivity index (χ0n) is 21.4. The van der Waals surface area contributed by atoms with Crippen LogP contribution in [0.25, 0.3) is 0 Å². The number of phenols is 1. The Morgan fingerprint density at radius 1 is 0.914 bits per heavy atom. The molecule has 200 valence electrons. The molecule has 0 aliphatic carbocycles. The number of phenolic OH excluding ortho intramolecular Hbond substituents is 1. The topological polar surface area (TPSA) is 116 Å². The van der Waals surface area contributed by atoms with Crippen molar-refractivity contribution >= 4 is 13.7 Å². The van der Waals surface area contributed by atoms with E-state index in [9.17, 15) is 14.5 Å². The third-order valence-corrected chi connectivity index (χ3v) is 6.38. The van der Waals surface area contributed by atoms with Gasteiger partial charge in [0.05, 0.1) is 12.6 Å². The smallest absolute Gasteiger partial charge is 0.469 e. The number of nitrogens with one attached hydrogen (secondary N) is 1. The quantitative estimate of drug-likeness (QED) is 0.0843. The van der Waals surface area contributed by atoms with Crippen molar-refractivity contribution in [2.75, 3.05) is 6.61 Å². The Morgan fingerprint density at radius 2 is 1.46 bits per heavy atom. The highest BCUT2D eigenvalue weighted by molar-refractivity contribution is 7.46. The van der Waals surface area contributed by atoms with Gasteiger partial charge in [-0.3, -0.25) is 9.32 Å². The second-order valence-corrected chi connectivity index (χ2v) is 10.5. The normalized spacial score (nSPS) is 12.8. The number of hydrogen-bond acceptors (Lipinski definition) is 4. The molecular weight excluding hydrogens is 465 g/mol. The Morgan fingerprint density at radius 3 is 2.03 bits per heavy atom. The molecule has 1 amide bonds. The van der Waals surface area contributed by atoms with Crippen molar-refractivity contribution < 1.29 is 28.8 Å². The van der Waals surface area contributed by atoms with Crippen LogP contribution >= 0.6 is 7.82 Å². The zero-order valence-corrected chi connectivity index (χ0v) is 22.3. The summed E-state index contributed by atoms with van der Waals surface area (Å²) in [6, 6.07) is 5.90. The SMILES string of the molecule is CCCCCCCCC=CCCCCCCCC(=O)N[C@H](COP(=O)(O)O)Cc1ccc(O)cc1. The third-order valence-electron chi connectivity index (χ3n) is 5.89. The lowest BCUT2D eigenvalue weighted by Crippen LogP contribution is -2.39. The maximum atomic E-state index is 12.3. The average molecular weight is 512 g/mol. The molecular formula is C27H46NO6P. The van der Waals surface area contributed by atoms with Gasteiger partial charge in [-0.25, -0.2) is 4.57 Å². The third kappa shape index (κ3) is 19.2. The van der Waals surface area contributed by atoms with Crippen LogP contribution in [0.1, 0.15) is 102 Å². The minimum absolute atomic E-state index is 0.130. The lowest BCUT2D eigenvalue weighted by Gasteiger charge is -2.19. The fraction of sp³-hybridized carbons (Fsp3) is 0.667. The van der Waals surface area contributed by atoms with Crippen LogP contribution in [0.4, 0.5) is 0 Å². The molecule has 0 radical (unpaired) electrons. The van der Waals surface area contributed by atoms with Gasteiger partial charge in [0.15, 0.2) is 0 Å². The number of hydrogen-bond donors (Lipinski definition) is 4. The maximum absolute atomic E-state index is 12.3. The van der Waals surface area contributed by atoms with Crippen LogP contribution in [0, 0.1) is 0 Å². The Kier molecular flexibility index (Phi) is 17.5. The second kappa shape index (κ2) is 19.5. The lowest BCUT2D eigenvalue weighted by molar-refractivity contribution is -0.122. The minimum Gasteiger partial charge on any atom is -0.508 e. The Labute approximate surface area is 211 Å². The van der Waals surface area contributed by atoms with Gasteiger partial charge in [0.25, 0.3) is 0 Å². The monoisotopic (exact) mass is 511 g/mol. The van der Waals surface area contributed by atoms with E-state index in [1.807, 2.05) is 0 Å². The first-order chi connectivity index (χ1) is 16.8. The summed E-state index contributed by atoms with van der Waals surface area (Å²) in [5.74, 6) is -0.0225. The van der Waals surface area contributed by atoms with Gasteiger partial charge in [-0.2, -0.15) is 0 Å². The molecule has 0 bridgehead atoms. The van der Waals surface area contributed by atoms with Crippen LogP contribution < -0.4 is 5.32 Å². The number of phosphoric ester groups is 1. The van der Waals surface area contributed by atoms with Gasteiger partial charge < -0.3 is 20.2 Å². The molecule has 1 atom stereocenters. The van der Waals surface area contributed by atoms with Gasteiger partial charge in [-0.15, -0.1) is 0 Å². The number of phosphoric acid groups is 1. The highest BCUT2D eigenvalue weighted by Gasteiger charge is 2.20. The first-order valence-electron chi connectivity index (χ1n) is 13.2. The molecule has 0 spiro atoms. The molecule has 35 heavy (non-hydrogen) atoms. The van der Waals surface area contributed by atoms with Crippen LogP contribution in [0.2, 0.25) is 0 Å². The van der Waals surface area contributed by atoms with Gasteiger partial charge in [-0.05, 0) is 56.2 Å². The van der Waals surface area contributed by atoms with Crippen molar-refractivity contribution in [2.45, 2.75) is 109 Å². The van der Waals surface area contributed by atoms with E-state index in [0.29, 0.717) is 12.8 Å². The molecule has 8 heteroatoms. The molecule has 1 aromatic carbocycles. The van der Waals surface area contributed by atoms with E-state index in [2.05, 4.69) is 28.9 Å². The standard InChI is InChI=1S/C27H46NO6P/c1-2-3-4-5-6-7-8-9-10-11-12-13-14-15-16-17-27(30)28-25(23-34-35(31,32)33)22-24-18-20-26(29)21-19-24/h9-10,18-21,25,29H,2-8,11-17,22-23H2,1H3,(H,28,30)(H2,31,32,33)/t25-/m0/s1. The predicted octanol–water partition coefficient (Wildman–Crippen LogP) is 6.57. The predicted molar refractivity (Wildman–Crippen MR) is 141 cm³/mol.